The Morgan fingerprint density at radius 2 is 1.76 bits per heavy atom. The molecule has 0 aliphatic heterocycles. The van der Waals surface area contributed by atoms with Gasteiger partial charge in [-0.1, -0.05) is 48.0 Å². The Morgan fingerprint density at radius 3 is 2.44 bits per heavy atom. The average Bonchev–Trinajstić information content (AvgIpc) is 3.16. The Balaban J connectivity index is 1.85. The maximum Gasteiger partial charge on any atom is 0.288 e. The third-order valence-electron chi connectivity index (χ3n) is 3.48. The van der Waals surface area contributed by atoms with Gasteiger partial charge in [-0.3, -0.25) is 9.59 Å². The molecule has 3 aromatic rings. The standard InChI is InChI=1S/C19H15ClN2O3/c20-14-8-4-9-15(12-14)21-18(17(23)13-6-2-1-3-7-13)22-19(24)16-10-5-11-25-16/h1-12,18,21H,(H,22,24). The first-order valence-corrected chi connectivity index (χ1v) is 7.97. The number of rotatable bonds is 6. The van der Waals surface area contributed by atoms with Crippen LogP contribution < -0.4 is 10.6 Å². The van der Waals surface area contributed by atoms with Crippen LogP contribution in [0.15, 0.2) is 77.4 Å². The second-order valence-corrected chi connectivity index (χ2v) is 5.71. The summed E-state index contributed by atoms with van der Waals surface area (Å²) in [6.07, 6.45) is 0.423. The van der Waals surface area contributed by atoms with E-state index in [0.29, 0.717) is 16.3 Å². The lowest BCUT2D eigenvalue weighted by atomic mass is 10.1. The first-order valence-electron chi connectivity index (χ1n) is 7.59. The minimum absolute atomic E-state index is 0.124. The monoisotopic (exact) mass is 354 g/mol. The normalized spacial score (nSPS) is 11.6. The Morgan fingerprint density at radius 1 is 0.960 bits per heavy atom. The molecular weight excluding hydrogens is 340 g/mol. The van der Waals surface area contributed by atoms with E-state index in [9.17, 15) is 9.59 Å². The van der Waals surface area contributed by atoms with Crippen LogP contribution in [0, 0.1) is 0 Å². The number of nitrogens with one attached hydrogen (secondary N) is 2. The number of carbonyl (C=O) groups is 2. The molecule has 1 unspecified atom stereocenters. The van der Waals surface area contributed by atoms with Crippen LogP contribution in [0.5, 0.6) is 0 Å². The zero-order valence-electron chi connectivity index (χ0n) is 13.1. The fourth-order valence-electron chi connectivity index (χ4n) is 2.29. The first-order chi connectivity index (χ1) is 12.1. The highest BCUT2D eigenvalue weighted by Crippen LogP contribution is 2.17. The van der Waals surface area contributed by atoms with Crippen molar-refractivity contribution in [2.24, 2.45) is 0 Å². The van der Waals surface area contributed by atoms with E-state index < -0.39 is 12.1 Å². The van der Waals surface area contributed by atoms with E-state index in [4.69, 9.17) is 16.0 Å². The topological polar surface area (TPSA) is 71.3 Å². The van der Waals surface area contributed by atoms with Crippen molar-refractivity contribution < 1.29 is 14.0 Å². The number of hydrogen-bond donors (Lipinski definition) is 2. The molecule has 25 heavy (non-hydrogen) atoms. The van der Waals surface area contributed by atoms with Gasteiger partial charge in [-0.2, -0.15) is 0 Å². The second kappa shape index (κ2) is 7.68. The minimum Gasteiger partial charge on any atom is -0.459 e. The number of ketones is 1. The van der Waals surface area contributed by atoms with E-state index in [1.807, 2.05) is 6.07 Å². The van der Waals surface area contributed by atoms with Gasteiger partial charge < -0.3 is 15.1 Å². The van der Waals surface area contributed by atoms with Gasteiger partial charge in [-0.25, -0.2) is 0 Å². The fraction of sp³-hybridized carbons (Fsp3) is 0.0526. The molecule has 126 valence electrons. The van der Waals surface area contributed by atoms with Crippen molar-refractivity contribution in [2.45, 2.75) is 6.17 Å². The lowest BCUT2D eigenvalue weighted by Crippen LogP contribution is -2.46. The molecule has 6 heteroatoms. The molecule has 1 amide bonds. The van der Waals surface area contributed by atoms with Crippen molar-refractivity contribution >= 4 is 29.0 Å². The number of amides is 1. The number of anilines is 1. The largest absolute Gasteiger partial charge is 0.459 e. The summed E-state index contributed by atoms with van der Waals surface area (Å²) in [6, 6.07) is 18.8. The van der Waals surface area contributed by atoms with Crippen LogP contribution in [-0.2, 0) is 0 Å². The number of benzene rings is 2. The predicted octanol–water partition coefficient (Wildman–Crippen LogP) is 3.98. The molecule has 0 spiro atoms. The number of furan rings is 1. The van der Waals surface area contributed by atoms with Gasteiger partial charge in [0.05, 0.1) is 6.26 Å². The summed E-state index contributed by atoms with van der Waals surface area (Å²) in [5.41, 5.74) is 1.09. The maximum atomic E-state index is 12.8. The zero-order valence-corrected chi connectivity index (χ0v) is 13.9. The highest BCUT2D eigenvalue weighted by atomic mass is 35.5. The van der Waals surface area contributed by atoms with Gasteiger partial charge in [0.2, 0.25) is 5.78 Å². The molecule has 1 atom stereocenters. The number of carbonyl (C=O) groups excluding carboxylic acids is 2. The molecule has 2 N–H and O–H groups in total. The van der Waals surface area contributed by atoms with Gasteiger partial charge in [0, 0.05) is 16.3 Å². The van der Waals surface area contributed by atoms with Gasteiger partial charge in [-0.15, -0.1) is 0 Å². The molecule has 0 radical (unpaired) electrons. The number of hydrogen-bond acceptors (Lipinski definition) is 4. The van der Waals surface area contributed by atoms with Crippen LogP contribution in [0.4, 0.5) is 5.69 Å². The van der Waals surface area contributed by atoms with Gasteiger partial charge in [0.25, 0.3) is 5.91 Å². The average molecular weight is 355 g/mol. The predicted molar refractivity (Wildman–Crippen MR) is 95.8 cm³/mol. The van der Waals surface area contributed by atoms with Crippen LogP contribution in [0.3, 0.4) is 0 Å². The summed E-state index contributed by atoms with van der Waals surface area (Å²) in [6.45, 7) is 0. The molecule has 0 fully saturated rings. The van der Waals surface area contributed by atoms with Gasteiger partial charge in [0.15, 0.2) is 11.9 Å². The lowest BCUT2D eigenvalue weighted by Gasteiger charge is -2.20. The molecule has 1 heterocycles. The molecule has 1 aromatic heterocycles. The molecule has 2 aromatic carbocycles. The second-order valence-electron chi connectivity index (χ2n) is 5.27. The fourth-order valence-corrected chi connectivity index (χ4v) is 2.48. The van der Waals surface area contributed by atoms with Crippen molar-refractivity contribution in [2.75, 3.05) is 5.32 Å². The summed E-state index contributed by atoms with van der Waals surface area (Å²) < 4.78 is 5.08. The molecule has 3 rings (SSSR count). The van der Waals surface area contributed by atoms with Crippen molar-refractivity contribution in [1.29, 1.82) is 0 Å². The third kappa shape index (κ3) is 4.28. The quantitative estimate of drug-likeness (QED) is 0.518. The highest BCUT2D eigenvalue weighted by Gasteiger charge is 2.23. The summed E-state index contributed by atoms with van der Waals surface area (Å²) >= 11 is 5.98. The van der Waals surface area contributed by atoms with Gasteiger partial charge in [-0.05, 0) is 30.3 Å². The van der Waals surface area contributed by atoms with Crippen LogP contribution in [0.2, 0.25) is 5.02 Å². The van der Waals surface area contributed by atoms with Crippen molar-refractivity contribution in [3.8, 4) is 0 Å². The van der Waals surface area contributed by atoms with Crippen molar-refractivity contribution in [3.63, 3.8) is 0 Å². The Kier molecular flexibility index (Phi) is 5.16. The molecule has 5 nitrogen and oxygen atoms in total. The van der Waals surface area contributed by atoms with Crippen LogP contribution in [-0.4, -0.2) is 17.9 Å². The molecular formula is C19H15ClN2O3. The summed E-state index contributed by atoms with van der Waals surface area (Å²) in [7, 11) is 0. The third-order valence-corrected chi connectivity index (χ3v) is 3.71. The Hall–Kier alpha value is -3.05. The van der Waals surface area contributed by atoms with Crippen LogP contribution in [0.1, 0.15) is 20.9 Å². The van der Waals surface area contributed by atoms with E-state index in [2.05, 4.69) is 10.6 Å². The van der Waals surface area contributed by atoms with Crippen molar-refractivity contribution in [3.05, 3.63) is 89.3 Å². The highest BCUT2D eigenvalue weighted by molar-refractivity contribution is 6.30. The minimum atomic E-state index is -0.974. The smallest absolute Gasteiger partial charge is 0.288 e. The van der Waals surface area contributed by atoms with E-state index in [1.165, 1.54) is 12.3 Å². The van der Waals surface area contributed by atoms with Crippen LogP contribution >= 0.6 is 11.6 Å². The molecule has 0 saturated heterocycles. The number of halogens is 1. The molecule has 0 aliphatic rings. The lowest BCUT2D eigenvalue weighted by molar-refractivity contribution is 0.0853. The maximum absolute atomic E-state index is 12.8. The van der Waals surface area contributed by atoms with Crippen molar-refractivity contribution in [1.82, 2.24) is 5.32 Å². The van der Waals surface area contributed by atoms with E-state index >= 15 is 0 Å². The SMILES string of the molecule is O=C(NC(Nc1cccc(Cl)c1)C(=O)c1ccccc1)c1ccco1. The first kappa shape index (κ1) is 16.8. The zero-order chi connectivity index (χ0) is 17.6. The summed E-state index contributed by atoms with van der Waals surface area (Å²) in [5.74, 6) is -0.645. The Labute approximate surface area is 149 Å². The summed E-state index contributed by atoms with van der Waals surface area (Å²) in [4.78, 5) is 25.1. The molecule has 0 saturated carbocycles. The Bertz CT molecular complexity index is 863. The van der Waals surface area contributed by atoms with E-state index in [1.54, 1.807) is 54.6 Å². The van der Waals surface area contributed by atoms with Gasteiger partial charge in [0.1, 0.15) is 0 Å². The molecule has 0 aliphatic carbocycles. The van der Waals surface area contributed by atoms with E-state index in [0.717, 1.165) is 0 Å². The van der Waals surface area contributed by atoms with Crippen LogP contribution in [0.25, 0.3) is 0 Å². The number of Topliss-reactive ketones (excluding diaryl/α,β-unsaturated/α-hetero) is 1. The van der Waals surface area contributed by atoms with E-state index in [-0.39, 0.29) is 11.5 Å². The molecule has 0 bridgehead atoms. The van der Waals surface area contributed by atoms with Gasteiger partial charge >= 0.3 is 0 Å². The summed E-state index contributed by atoms with van der Waals surface area (Å²) in [5, 5.41) is 6.17.